The predicted octanol–water partition coefficient (Wildman–Crippen LogP) is 3.86. The van der Waals surface area contributed by atoms with Gasteiger partial charge in [-0.2, -0.15) is 0 Å². The number of aryl methyl sites for hydroxylation is 2. The number of pyridine rings is 1. The molecule has 3 aromatic heterocycles. The molecule has 0 radical (unpaired) electrons. The Morgan fingerprint density at radius 2 is 1.84 bits per heavy atom. The molecule has 0 saturated carbocycles. The van der Waals surface area contributed by atoms with E-state index in [-0.39, 0.29) is 11.8 Å². The Kier molecular flexibility index (Phi) is 6.59. The van der Waals surface area contributed by atoms with Gasteiger partial charge in [0.05, 0.1) is 5.52 Å². The summed E-state index contributed by atoms with van der Waals surface area (Å²) in [7, 11) is 0. The fourth-order valence-electron chi connectivity index (χ4n) is 4.52. The number of benzene rings is 2. The highest BCUT2D eigenvalue weighted by atomic mass is 16.2. The number of carbonyl (C=O) groups is 2. The lowest BCUT2D eigenvalue weighted by Gasteiger charge is -2.18. The molecule has 9 nitrogen and oxygen atoms in total. The van der Waals surface area contributed by atoms with Crippen molar-refractivity contribution in [2.75, 3.05) is 12.3 Å². The number of hydrogen-bond donors (Lipinski definition) is 5. The van der Waals surface area contributed by atoms with Crippen molar-refractivity contribution in [1.29, 1.82) is 0 Å². The van der Waals surface area contributed by atoms with Crippen LogP contribution in [-0.2, 0) is 11.2 Å². The molecule has 1 unspecified atom stereocenters. The second-order valence-electron chi connectivity index (χ2n) is 9.05. The molecule has 2 amide bonds. The van der Waals surface area contributed by atoms with Gasteiger partial charge in [-0.1, -0.05) is 30.3 Å². The Labute approximate surface area is 213 Å². The molecule has 0 spiro atoms. The monoisotopic (exact) mass is 495 g/mol. The van der Waals surface area contributed by atoms with E-state index < -0.39 is 6.04 Å². The molecule has 5 aromatic rings. The van der Waals surface area contributed by atoms with Gasteiger partial charge in [0.15, 0.2) is 5.65 Å². The average molecular weight is 496 g/mol. The standard InChI is InChI=1S/C28H29N7O2/c1-3-30-28(37)22(11-9-17-7-5-4-6-8-17)34-27(36)18-10-12-21-19(13-18)14-23(33-21)20-15-24(29)35-26-25(20)31-16(2)32-26/h4-8,10,12-15,22,33H,3,9,11H2,1-2H3,(H,30,37)(H,34,36)(H3,29,31,32,35). The van der Waals surface area contributed by atoms with Gasteiger partial charge in [0.1, 0.15) is 17.7 Å². The van der Waals surface area contributed by atoms with Crippen LogP contribution in [0.1, 0.15) is 35.1 Å². The zero-order valence-electron chi connectivity index (χ0n) is 20.8. The average Bonchev–Trinajstić information content (AvgIpc) is 3.48. The summed E-state index contributed by atoms with van der Waals surface area (Å²) in [4.78, 5) is 41.2. The fraction of sp³-hybridized carbons (Fsp3) is 0.214. The summed E-state index contributed by atoms with van der Waals surface area (Å²) in [6.45, 7) is 4.23. The van der Waals surface area contributed by atoms with Crippen LogP contribution in [0.2, 0.25) is 0 Å². The van der Waals surface area contributed by atoms with Gasteiger partial charge in [0, 0.05) is 34.3 Å². The summed E-state index contributed by atoms with van der Waals surface area (Å²) in [5, 5.41) is 6.62. The molecule has 0 saturated heterocycles. The minimum atomic E-state index is -0.637. The number of likely N-dealkylation sites (N-methyl/N-ethyl adjacent to an activating group) is 1. The van der Waals surface area contributed by atoms with Crippen molar-refractivity contribution in [3.05, 3.63) is 77.6 Å². The second-order valence-corrected chi connectivity index (χ2v) is 9.05. The van der Waals surface area contributed by atoms with Gasteiger partial charge in [-0.25, -0.2) is 9.97 Å². The Bertz CT molecular complexity index is 1590. The molecular weight excluding hydrogens is 466 g/mol. The summed E-state index contributed by atoms with van der Waals surface area (Å²) in [6, 6.07) is 18.5. The number of carbonyl (C=O) groups excluding carboxylic acids is 2. The smallest absolute Gasteiger partial charge is 0.251 e. The van der Waals surface area contributed by atoms with Crippen molar-refractivity contribution in [1.82, 2.24) is 30.6 Å². The van der Waals surface area contributed by atoms with Crippen LogP contribution in [0.4, 0.5) is 5.82 Å². The molecule has 2 aromatic carbocycles. The number of imidazole rings is 1. The zero-order chi connectivity index (χ0) is 25.9. The highest BCUT2D eigenvalue weighted by Crippen LogP contribution is 2.30. The molecule has 0 fully saturated rings. The van der Waals surface area contributed by atoms with Crippen LogP contribution < -0.4 is 16.4 Å². The number of nitrogen functional groups attached to an aromatic ring is 1. The molecule has 0 bridgehead atoms. The van der Waals surface area contributed by atoms with Crippen molar-refractivity contribution in [2.45, 2.75) is 32.7 Å². The summed E-state index contributed by atoms with van der Waals surface area (Å²) in [5.41, 5.74) is 11.5. The Morgan fingerprint density at radius 3 is 2.62 bits per heavy atom. The van der Waals surface area contributed by atoms with Crippen molar-refractivity contribution in [3.8, 4) is 11.3 Å². The van der Waals surface area contributed by atoms with Gasteiger partial charge in [0.2, 0.25) is 5.91 Å². The van der Waals surface area contributed by atoms with E-state index in [9.17, 15) is 9.59 Å². The van der Waals surface area contributed by atoms with Crippen molar-refractivity contribution >= 4 is 39.7 Å². The normalized spacial score (nSPS) is 12.1. The number of nitrogens with one attached hydrogen (secondary N) is 4. The Balaban J connectivity index is 1.39. The first-order valence-electron chi connectivity index (χ1n) is 12.3. The van der Waals surface area contributed by atoms with Gasteiger partial charge in [-0.3, -0.25) is 9.59 Å². The molecule has 1 atom stereocenters. The number of aromatic nitrogens is 4. The second kappa shape index (κ2) is 10.1. The number of aromatic amines is 2. The van der Waals surface area contributed by atoms with Crippen molar-refractivity contribution in [2.24, 2.45) is 0 Å². The zero-order valence-corrected chi connectivity index (χ0v) is 20.8. The first kappa shape index (κ1) is 24.1. The van der Waals surface area contributed by atoms with Gasteiger partial charge in [-0.15, -0.1) is 0 Å². The Hall–Kier alpha value is -4.66. The maximum absolute atomic E-state index is 13.2. The van der Waals surface area contributed by atoms with E-state index in [1.54, 1.807) is 12.1 Å². The lowest BCUT2D eigenvalue weighted by molar-refractivity contribution is -0.123. The third-order valence-corrected chi connectivity index (χ3v) is 6.31. The van der Waals surface area contributed by atoms with Gasteiger partial charge in [0.25, 0.3) is 5.91 Å². The molecule has 6 N–H and O–H groups in total. The van der Waals surface area contributed by atoms with Crippen molar-refractivity contribution < 1.29 is 9.59 Å². The highest BCUT2D eigenvalue weighted by Gasteiger charge is 2.21. The molecular formula is C28H29N7O2. The molecule has 37 heavy (non-hydrogen) atoms. The lowest BCUT2D eigenvalue weighted by atomic mass is 10.0. The van der Waals surface area contributed by atoms with Crippen LogP contribution in [0.15, 0.2) is 60.7 Å². The topological polar surface area (TPSA) is 142 Å². The first-order chi connectivity index (χ1) is 17.9. The molecule has 3 heterocycles. The molecule has 0 aliphatic heterocycles. The summed E-state index contributed by atoms with van der Waals surface area (Å²) < 4.78 is 0. The molecule has 0 aliphatic carbocycles. The maximum atomic E-state index is 13.2. The molecule has 188 valence electrons. The van der Waals surface area contributed by atoms with Gasteiger partial charge >= 0.3 is 0 Å². The Morgan fingerprint density at radius 1 is 1.03 bits per heavy atom. The summed E-state index contributed by atoms with van der Waals surface area (Å²) in [5.74, 6) is 0.637. The van der Waals surface area contributed by atoms with E-state index in [0.29, 0.717) is 36.4 Å². The number of hydrogen-bond acceptors (Lipinski definition) is 5. The number of rotatable bonds is 8. The number of fused-ring (bicyclic) bond motifs is 2. The quantitative estimate of drug-likeness (QED) is 0.222. The third-order valence-electron chi connectivity index (χ3n) is 6.31. The largest absolute Gasteiger partial charge is 0.384 e. The minimum absolute atomic E-state index is 0.189. The van der Waals surface area contributed by atoms with Crippen LogP contribution in [0.25, 0.3) is 33.3 Å². The van der Waals surface area contributed by atoms with Crippen LogP contribution in [-0.4, -0.2) is 44.3 Å². The SMILES string of the molecule is CCNC(=O)C(CCc1ccccc1)NC(=O)c1ccc2[nH]c(-c3cc(N)nc4nc(C)[nH]c34)cc2c1. The van der Waals surface area contributed by atoms with Crippen molar-refractivity contribution in [3.63, 3.8) is 0 Å². The van der Waals surface area contributed by atoms with Crippen LogP contribution in [0.3, 0.4) is 0 Å². The summed E-state index contributed by atoms with van der Waals surface area (Å²) >= 11 is 0. The van der Waals surface area contributed by atoms with E-state index >= 15 is 0 Å². The van der Waals surface area contributed by atoms with E-state index in [2.05, 4.69) is 30.6 Å². The van der Waals surface area contributed by atoms with Crippen LogP contribution in [0, 0.1) is 6.92 Å². The molecule has 5 rings (SSSR count). The number of H-pyrrole nitrogens is 2. The first-order valence-corrected chi connectivity index (χ1v) is 12.3. The van der Waals surface area contributed by atoms with E-state index in [0.717, 1.165) is 39.1 Å². The maximum Gasteiger partial charge on any atom is 0.251 e. The van der Waals surface area contributed by atoms with E-state index in [4.69, 9.17) is 5.73 Å². The highest BCUT2D eigenvalue weighted by molar-refractivity contribution is 6.02. The minimum Gasteiger partial charge on any atom is -0.384 e. The number of anilines is 1. The lowest BCUT2D eigenvalue weighted by Crippen LogP contribution is -2.47. The number of nitrogens with zero attached hydrogens (tertiary/aromatic N) is 2. The molecule has 9 heteroatoms. The van der Waals surface area contributed by atoms with E-state index in [1.807, 2.05) is 62.4 Å². The number of nitrogens with two attached hydrogens (primary N) is 1. The van der Waals surface area contributed by atoms with E-state index in [1.165, 1.54) is 0 Å². The van der Waals surface area contributed by atoms with Gasteiger partial charge < -0.3 is 26.3 Å². The summed E-state index contributed by atoms with van der Waals surface area (Å²) in [6.07, 6.45) is 1.18. The third kappa shape index (κ3) is 5.16. The number of amides is 2. The van der Waals surface area contributed by atoms with Gasteiger partial charge in [-0.05, 0) is 62.6 Å². The fourth-order valence-corrected chi connectivity index (χ4v) is 4.52. The molecule has 0 aliphatic rings. The van der Waals surface area contributed by atoms with Crippen LogP contribution in [0.5, 0.6) is 0 Å². The van der Waals surface area contributed by atoms with Crippen LogP contribution >= 0.6 is 0 Å². The predicted molar refractivity (Wildman–Crippen MR) is 145 cm³/mol.